The number of guanidine groups is 1. The van der Waals surface area contributed by atoms with Crippen molar-refractivity contribution in [2.45, 2.75) is 25.2 Å². The molecule has 0 aliphatic carbocycles. The molecule has 2 aromatic rings. The van der Waals surface area contributed by atoms with Gasteiger partial charge in [-0.05, 0) is 37.0 Å². The number of piperidine rings is 1. The molecule has 1 aromatic carbocycles. The molecule has 1 aliphatic heterocycles. The first-order valence-electron chi connectivity index (χ1n) is 9.33. The van der Waals surface area contributed by atoms with Gasteiger partial charge in [0.2, 0.25) is 0 Å². The summed E-state index contributed by atoms with van der Waals surface area (Å²) in [5, 5.41) is 13.0. The van der Waals surface area contributed by atoms with Crippen LogP contribution in [-0.4, -0.2) is 65.7 Å². The van der Waals surface area contributed by atoms with Crippen LogP contribution in [0.2, 0.25) is 0 Å². The van der Waals surface area contributed by atoms with Crippen molar-refractivity contribution in [1.82, 2.24) is 30.7 Å². The van der Waals surface area contributed by atoms with Crippen molar-refractivity contribution in [3.8, 4) is 0 Å². The molecule has 3 rings (SSSR count). The second-order valence-corrected chi connectivity index (χ2v) is 6.64. The van der Waals surface area contributed by atoms with Gasteiger partial charge in [0.25, 0.3) is 5.91 Å². The second kappa shape index (κ2) is 9.16. The van der Waals surface area contributed by atoms with Gasteiger partial charge < -0.3 is 15.5 Å². The standard InChI is InChI=1S/C19H27N7O/c1-20-18(27)16-5-3-4-14(12-16)6-9-22-19(21-2)26-10-7-15(8-11-26)17-23-13-24-25-17/h3-5,12-13,15H,6-11H2,1-2H3,(H,20,27)(H,21,22)(H,23,24,25). The smallest absolute Gasteiger partial charge is 0.251 e. The molecule has 1 saturated heterocycles. The number of aliphatic imine (C=N–C) groups is 1. The van der Waals surface area contributed by atoms with E-state index in [0.29, 0.717) is 11.5 Å². The highest BCUT2D eigenvalue weighted by molar-refractivity contribution is 5.94. The van der Waals surface area contributed by atoms with Crippen LogP contribution in [0.25, 0.3) is 0 Å². The number of rotatable bonds is 5. The number of benzene rings is 1. The number of aromatic amines is 1. The monoisotopic (exact) mass is 369 g/mol. The minimum absolute atomic E-state index is 0.0600. The van der Waals surface area contributed by atoms with E-state index in [4.69, 9.17) is 0 Å². The molecule has 0 bridgehead atoms. The lowest BCUT2D eigenvalue weighted by Crippen LogP contribution is -2.45. The van der Waals surface area contributed by atoms with E-state index in [9.17, 15) is 4.79 Å². The van der Waals surface area contributed by atoms with Gasteiger partial charge in [0, 0.05) is 45.2 Å². The average molecular weight is 369 g/mol. The Kier molecular flexibility index (Phi) is 6.40. The average Bonchev–Trinajstić information content (AvgIpc) is 3.26. The number of carbonyl (C=O) groups is 1. The second-order valence-electron chi connectivity index (χ2n) is 6.64. The number of amides is 1. The van der Waals surface area contributed by atoms with E-state index < -0.39 is 0 Å². The molecule has 0 radical (unpaired) electrons. The summed E-state index contributed by atoms with van der Waals surface area (Å²) in [6.45, 7) is 2.65. The number of hydrogen-bond acceptors (Lipinski definition) is 4. The van der Waals surface area contributed by atoms with Crippen molar-refractivity contribution < 1.29 is 4.79 Å². The van der Waals surface area contributed by atoms with Gasteiger partial charge in [0.15, 0.2) is 5.96 Å². The van der Waals surface area contributed by atoms with Crippen LogP contribution in [-0.2, 0) is 6.42 Å². The number of nitrogens with zero attached hydrogens (tertiary/aromatic N) is 4. The zero-order valence-electron chi connectivity index (χ0n) is 15.9. The Morgan fingerprint density at radius 2 is 2.19 bits per heavy atom. The molecule has 2 heterocycles. The maximum Gasteiger partial charge on any atom is 0.251 e. The first-order chi connectivity index (χ1) is 13.2. The lowest BCUT2D eigenvalue weighted by molar-refractivity contribution is 0.0963. The molecule has 27 heavy (non-hydrogen) atoms. The Bertz CT molecular complexity index is 764. The zero-order chi connectivity index (χ0) is 19.1. The summed E-state index contributed by atoms with van der Waals surface area (Å²) < 4.78 is 0. The molecule has 0 spiro atoms. The van der Waals surface area contributed by atoms with Crippen LogP contribution in [0.1, 0.15) is 40.5 Å². The van der Waals surface area contributed by atoms with Crippen molar-refractivity contribution in [1.29, 1.82) is 0 Å². The third-order valence-corrected chi connectivity index (χ3v) is 4.94. The van der Waals surface area contributed by atoms with Crippen molar-refractivity contribution in [3.63, 3.8) is 0 Å². The van der Waals surface area contributed by atoms with Gasteiger partial charge in [-0.15, -0.1) is 0 Å². The van der Waals surface area contributed by atoms with Crippen LogP contribution in [0.4, 0.5) is 0 Å². The van der Waals surface area contributed by atoms with Gasteiger partial charge in [-0.2, -0.15) is 5.10 Å². The Morgan fingerprint density at radius 1 is 1.37 bits per heavy atom. The fourth-order valence-electron chi connectivity index (χ4n) is 3.44. The topological polar surface area (TPSA) is 98.3 Å². The number of H-pyrrole nitrogens is 1. The van der Waals surface area contributed by atoms with E-state index in [0.717, 1.165) is 56.2 Å². The van der Waals surface area contributed by atoms with Crippen LogP contribution >= 0.6 is 0 Å². The minimum Gasteiger partial charge on any atom is -0.356 e. The Hall–Kier alpha value is -2.90. The van der Waals surface area contributed by atoms with Crippen molar-refractivity contribution in [2.75, 3.05) is 33.7 Å². The molecular weight excluding hydrogens is 342 g/mol. The number of carbonyl (C=O) groups excluding carboxylic acids is 1. The van der Waals surface area contributed by atoms with Gasteiger partial charge in [-0.3, -0.25) is 14.9 Å². The molecular formula is C19H27N7O. The largest absolute Gasteiger partial charge is 0.356 e. The highest BCUT2D eigenvalue weighted by Gasteiger charge is 2.24. The highest BCUT2D eigenvalue weighted by atomic mass is 16.1. The van der Waals surface area contributed by atoms with E-state index in [1.807, 2.05) is 31.3 Å². The fourth-order valence-corrected chi connectivity index (χ4v) is 3.44. The SMILES string of the molecule is CN=C(NCCc1cccc(C(=O)NC)c1)N1CCC(c2ncn[nH]2)CC1. The van der Waals surface area contributed by atoms with Crippen molar-refractivity contribution in [3.05, 3.63) is 47.5 Å². The van der Waals surface area contributed by atoms with Gasteiger partial charge in [-0.1, -0.05) is 12.1 Å². The molecule has 0 atom stereocenters. The Labute approximate surface area is 159 Å². The quantitative estimate of drug-likeness (QED) is 0.543. The summed E-state index contributed by atoms with van der Waals surface area (Å²) in [6, 6.07) is 7.72. The summed E-state index contributed by atoms with van der Waals surface area (Å²) in [5.74, 6) is 2.28. The lowest BCUT2D eigenvalue weighted by atomic mass is 9.96. The number of aromatic nitrogens is 3. The summed E-state index contributed by atoms with van der Waals surface area (Å²) in [4.78, 5) is 22.7. The summed E-state index contributed by atoms with van der Waals surface area (Å²) >= 11 is 0. The first kappa shape index (κ1) is 18.9. The summed E-state index contributed by atoms with van der Waals surface area (Å²) in [7, 11) is 3.46. The maximum atomic E-state index is 11.7. The molecule has 1 aromatic heterocycles. The molecule has 8 nitrogen and oxygen atoms in total. The summed E-state index contributed by atoms with van der Waals surface area (Å²) in [5.41, 5.74) is 1.82. The third-order valence-electron chi connectivity index (χ3n) is 4.94. The number of likely N-dealkylation sites (tertiary alicyclic amines) is 1. The van der Waals surface area contributed by atoms with E-state index >= 15 is 0 Å². The highest BCUT2D eigenvalue weighted by Crippen LogP contribution is 2.24. The predicted molar refractivity (Wildman–Crippen MR) is 105 cm³/mol. The molecule has 0 saturated carbocycles. The van der Waals surface area contributed by atoms with Crippen LogP contribution in [0.5, 0.6) is 0 Å². The molecule has 8 heteroatoms. The van der Waals surface area contributed by atoms with E-state index in [1.54, 1.807) is 13.4 Å². The van der Waals surface area contributed by atoms with Crippen LogP contribution in [0.15, 0.2) is 35.6 Å². The first-order valence-corrected chi connectivity index (χ1v) is 9.33. The molecule has 1 fully saturated rings. The van der Waals surface area contributed by atoms with E-state index in [1.165, 1.54) is 0 Å². The summed E-state index contributed by atoms with van der Waals surface area (Å²) in [6.07, 6.45) is 4.47. The predicted octanol–water partition coefficient (Wildman–Crippen LogP) is 1.16. The Balaban J connectivity index is 1.48. The van der Waals surface area contributed by atoms with Crippen LogP contribution in [0, 0.1) is 0 Å². The van der Waals surface area contributed by atoms with Gasteiger partial charge in [0.05, 0.1) is 0 Å². The fraction of sp³-hybridized carbons (Fsp3) is 0.474. The van der Waals surface area contributed by atoms with Crippen molar-refractivity contribution >= 4 is 11.9 Å². The van der Waals surface area contributed by atoms with Gasteiger partial charge in [0.1, 0.15) is 12.2 Å². The number of hydrogen-bond donors (Lipinski definition) is 3. The van der Waals surface area contributed by atoms with Crippen LogP contribution < -0.4 is 10.6 Å². The van der Waals surface area contributed by atoms with E-state index in [2.05, 4.69) is 35.7 Å². The van der Waals surface area contributed by atoms with Gasteiger partial charge >= 0.3 is 0 Å². The molecule has 1 aliphatic rings. The zero-order valence-corrected chi connectivity index (χ0v) is 15.9. The Morgan fingerprint density at radius 3 is 2.85 bits per heavy atom. The molecule has 3 N–H and O–H groups in total. The molecule has 0 unspecified atom stereocenters. The lowest BCUT2D eigenvalue weighted by Gasteiger charge is -2.33. The van der Waals surface area contributed by atoms with Gasteiger partial charge in [-0.25, -0.2) is 4.98 Å². The number of nitrogens with one attached hydrogen (secondary N) is 3. The normalized spacial score (nSPS) is 15.6. The maximum absolute atomic E-state index is 11.7. The van der Waals surface area contributed by atoms with Crippen molar-refractivity contribution in [2.24, 2.45) is 4.99 Å². The molecule has 1 amide bonds. The van der Waals surface area contributed by atoms with E-state index in [-0.39, 0.29) is 5.91 Å². The third kappa shape index (κ3) is 4.84. The molecule has 144 valence electrons. The minimum atomic E-state index is -0.0600. The van der Waals surface area contributed by atoms with Crippen LogP contribution in [0.3, 0.4) is 0 Å².